The first-order valence-electron chi connectivity index (χ1n) is 8.40. The lowest BCUT2D eigenvalue weighted by atomic mass is 9.73. The maximum absolute atomic E-state index is 6.33. The molecule has 0 amide bonds. The van der Waals surface area contributed by atoms with Crippen LogP contribution in [0.3, 0.4) is 0 Å². The minimum absolute atomic E-state index is 0.0439. The molecule has 2 heteroatoms. The molecule has 1 aliphatic carbocycles. The van der Waals surface area contributed by atoms with Crippen molar-refractivity contribution in [3.63, 3.8) is 0 Å². The van der Waals surface area contributed by atoms with E-state index in [0.29, 0.717) is 0 Å². The van der Waals surface area contributed by atoms with E-state index >= 15 is 0 Å². The van der Waals surface area contributed by atoms with Crippen LogP contribution in [0.5, 0.6) is 0 Å². The van der Waals surface area contributed by atoms with E-state index in [1.165, 1.54) is 29.5 Å². The normalized spacial score (nSPS) is 27.6. The Balaban J connectivity index is 2.33. The third-order valence-electron chi connectivity index (χ3n) is 5.23. The predicted octanol–water partition coefficient (Wildman–Crippen LogP) is 4.55. The van der Waals surface area contributed by atoms with Crippen LogP contribution in [0.1, 0.15) is 62.3 Å². The first kappa shape index (κ1) is 16.5. The van der Waals surface area contributed by atoms with Crippen LogP contribution < -0.4 is 5.32 Å². The van der Waals surface area contributed by atoms with Gasteiger partial charge in [0, 0.05) is 6.61 Å². The molecule has 0 saturated heterocycles. The van der Waals surface area contributed by atoms with Crippen LogP contribution in [0, 0.1) is 19.8 Å². The zero-order chi connectivity index (χ0) is 15.5. The molecule has 1 saturated carbocycles. The average Bonchev–Trinajstić information content (AvgIpc) is 2.47. The summed E-state index contributed by atoms with van der Waals surface area (Å²) in [5, 5.41) is 3.55. The number of likely N-dealkylation sites (N-methyl/N-ethyl adjacent to an activating group) is 1. The van der Waals surface area contributed by atoms with Gasteiger partial charge in [-0.15, -0.1) is 0 Å². The Morgan fingerprint density at radius 1 is 1.24 bits per heavy atom. The second-order valence-electron chi connectivity index (χ2n) is 6.75. The molecule has 21 heavy (non-hydrogen) atoms. The fraction of sp³-hybridized carbons (Fsp3) is 0.684. The number of ether oxygens (including phenoxy) is 1. The van der Waals surface area contributed by atoms with Crippen molar-refractivity contribution in [3.8, 4) is 0 Å². The van der Waals surface area contributed by atoms with Gasteiger partial charge in [-0.05, 0) is 76.1 Å². The lowest BCUT2D eigenvalue weighted by molar-refractivity contribution is -0.0962. The molecular formula is C19H31NO. The van der Waals surface area contributed by atoms with E-state index in [1.54, 1.807) is 0 Å². The minimum Gasteiger partial charge on any atom is -0.373 e. The van der Waals surface area contributed by atoms with Gasteiger partial charge < -0.3 is 10.1 Å². The molecular weight excluding hydrogens is 258 g/mol. The van der Waals surface area contributed by atoms with E-state index in [1.807, 2.05) is 0 Å². The summed E-state index contributed by atoms with van der Waals surface area (Å²) in [6.45, 7) is 9.64. The topological polar surface area (TPSA) is 21.3 Å². The van der Waals surface area contributed by atoms with Crippen molar-refractivity contribution in [2.75, 3.05) is 13.7 Å². The zero-order valence-corrected chi connectivity index (χ0v) is 14.3. The smallest absolute Gasteiger partial charge is 0.0876 e. The third kappa shape index (κ3) is 3.49. The Kier molecular flexibility index (Phi) is 5.45. The Morgan fingerprint density at radius 2 is 1.90 bits per heavy atom. The first-order chi connectivity index (χ1) is 10.0. The Hall–Kier alpha value is -0.860. The maximum Gasteiger partial charge on any atom is 0.0876 e. The van der Waals surface area contributed by atoms with Crippen LogP contribution in [0.2, 0.25) is 0 Å². The van der Waals surface area contributed by atoms with Gasteiger partial charge in [0.05, 0.1) is 11.6 Å². The second-order valence-corrected chi connectivity index (χ2v) is 6.75. The van der Waals surface area contributed by atoms with Crippen molar-refractivity contribution < 1.29 is 4.74 Å². The van der Waals surface area contributed by atoms with E-state index in [-0.39, 0.29) is 11.6 Å². The van der Waals surface area contributed by atoms with E-state index in [4.69, 9.17) is 4.74 Å². The molecule has 1 aromatic rings. The molecule has 2 nitrogen and oxygen atoms in total. The van der Waals surface area contributed by atoms with Crippen LogP contribution >= 0.6 is 0 Å². The van der Waals surface area contributed by atoms with Gasteiger partial charge in [0.15, 0.2) is 0 Å². The minimum atomic E-state index is -0.0439. The lowest BCUT2D eigenvalue weighted by Crippen LogP contribution is -2.47. The summed E-state index contributed by atoms with van der Waals surface area (Å²) >= 11 is 0. The highest BCUT2D eigenvalue weighted by Gasteiger charge is 2.42. The largest absolute Gasteiger partial charge is 0.373 e. The second kappa shape index (κ2) is 6.93. The van der Waals surface area contributed by atoms with Gasteiger partial charge in [0.1, 0.15) is 0 Å². The molecule has 0 spiro atoms. The molecule has 0 heterocycles. The third-order valence-corrected chi connectivity index (χ3v) is 5.23. The highest BCUT2D eigenvalue weighted by atomic mass is 16.5. The Morgan fingerprint density at radius 3 is 2.43 bits per heavy atom. The summed E-state index contributed by atoms with van der Waals surface area (Å²) in [6.07, 6.45) is 4.84. The standard InChI is InChI=1S/C19H31NO/c1-6-21-19(11-9-14(2)10-12-19)18(20-5)17-8-7-15(3)16(4)13-17/h7-8,13-14,18,20H,6,9-12H2,1-5H3. The summed E-state index contributed by atoms with van der Waals surface area (Å²) in [5.41, 5.74) is 4.04. The van der Waals surface area contributed by atoms with Gasteiger partial charge in [0.2, 0.25) is 0 Å². The number of benzene rings is 1. The Labute approximate surface area is 130 Å². The molecule has 118 valence electrons. The molecule has 1 fully saturated rings. The van der Waals surface area contributed by atoms with Gasteiger partial charge in [-0.3, -0.25) is 0 Å². The van der Waals surface area contributed by atoms with Gasteiger partial charge in [-0.1, -0.05) is 25.1 Å². The van der Waals surface area contributed by atoms with Crippen molar-refractivity contribution >= 4 is 0 Å². The van der Waals surface area contributed by atoms with E-state index < -0.39 is 0 Å². The van der Waals surface area contributed by atoms with Crippen LogP contribution in [0.4, 0.5) is 0 Å². The van der Waals surface area contributed by atoms with E-state index in [9.17, 15) is 0 Å². The van der Waals surface area contributed by atoms with Crippen molar-refractivity contribution in [2.24, 2.45) is 5.92 Å². The van der Waals surface area contributed by atoms with Gasteiger partial charge in [0.25, 0.3) is 0 Å². The first-order valence-corrected chi connectivity index (χ1v) is 8.40. The van der Waals surface area contributed by atoms with Crippen LogP contribution in [0.15, 0.2) is 18.2 Å². The van der Waals surface area contributed by atoms with Crippen molar-refractivity contribution in [2.45, 2.75) is 65.0 Å². The lowest BCUT2D eigenvalue weighted by Gasteiger charge is -2.45. The predicted molar refractivity (Wildman–Crippen MR) is 89.7 cm³/mol. The highest BCUT2D eigenvalue weighted by molar-refractivity contribution is 5.33. The SMILES string of the molecule is CCOC1(C(NC)c2ccc(C)c(C)c2)CCC(C)CC1. The van der Waals surface area contributed by atoms with Crippen LogP contribution in [-0.2, 0) is 4.74 Å². The van der Waals surface area contributed by atoms with Crippen LogP contribution in [-0.4, -0.2) is 19.3 Å². The number of hydrogen-bond acceptors (Lipinski definition) is 2. The fourth-order valence-corrected chi connectivity index (χ4v) is 3.73. The number of nitrogens with one attached hydrogen (secondary N) is 1. The molecule has 2 rings (SSSR count). The summed E-state index contributed by atoms with van der Waals surface area (Å²) in [7, 11) is 2.07. The summed E-state index contributed by atoms with van der Waals surface area (Å²) in [4.78, 5) is 0. The van der Waals surface area contributed by atoms with E-state index in [0.717, 1.165) is 25.4 Å². The zero-order valence-electron chi connectivity index (χ0n) is 14.3. The van der Waals surface area contributed by atoms with E-state index in [2.05, 4.69) is 58.3 Å². The number of aryl methyl sites for hydroxylation is 2. The number of rotatable bonds is 5. The van der Waals surface area contributed by atoms with Crippen LogP contribution in [0.25, 0.3) is 0 Å². The molecule has 0 aliphatic heterocycles. The molecule has 0 bridgehead atoms. The summed E-state index contributed by atoms with van der Waals surface area (Å²) in [6, 6.07) is 7.11. The molecule has 0 aromatic heterocycles. The number of hydrogen-bond donors (Lipinski definition) is 1. The molecule has 1 N–H and O–H groups in total. The maximum atomic E-state index is 6.33. The molecule has 0 radical (unpaired) electrons. The van der Waals surface area contributed by atoms with Gasteiger partial charge in [-0.2, -0.15) is 0 Å². The molecule has 1 unspecified atom stereocenters. The molecule has 1 atom stereocenters. The van der Waals surface area contributed by atoms with Crippen molar-refractivity contribution in [3.05, 3.63) is 34.9 Å². The van der Waals surface area contributed by atoms with Gasteiger partial charge in [-0.25, -0.2) is 0 Å². The Bertz CT molecular complexity index is 461. The average molecular weight is 289 g/mol. The fourth-order valence-electron chi connectivity index (χ4n) is 3.73. The van der Waals surface area contributed by atoms with Crippen molar-refractivity contribution in [1.82, 2.24) is 5.32 Å². The van der Waals surface area contributed by atoms with Gasteiger partial charge >= 0.3 is 0 Å². The quantitative estimate of drug-likeness (QED) is 0.858. The molecule has 1 aromatic carbocycles. The van der Waals surface area contributed by atoms with Crippen molar-refractivity contribution in [1.29, 1.82) is 0 Å². The summed E-state index contributed by atoms with van der Waals surface area (Å²) < 4.78 is 6.33. The highest BCUT2D eigenvalue weighted by Crippen LogP contribution is 2.43. The monoisotopic (exact) mass is 289 g/mol. The summed E-state index contributed by atoms with van der Waals surface area (Å²) in [5.74, 6) is 0.829. The molecule has 1 aliphatic rings.